The van der Waals surface area contributed by atoms with Gasteiger partial charge in [-0.3, -0.25) is 0 Å². The average Bonchev–Trinajstić information content (AvgIpc) is 3.75. The van der Waals surface area contributed by atoms with Gasteiger partial charge < -0.3 is 9.32 Å². The number of aryl methyl sites for hydroxylation is 1. The Morgan fingerprint density at radius 2 is 0.719 bits per heavy atom. The zero-order valence-electron chi connectivity index (χ0n) is 35.9. The third-order valence-corrected chi connectivity index (χ3v) is 12.7. The average molecular weight is 820 g/mol. The molecule has 1 heterocycles. The van der Waals surface area contributed by atoms with E-state index in [9.17, 15) is 0 Å². The summed E-state index contributed by atoms with van der Waals surface area (Å²) in [6.45, 7) is 4.45. The van der Waals surface area contributed by atoms with Crippen LogP contribution in [0.25, 0.3) is 88.7 Å². The van der Waals surface area contributed by atoms with E-state index in [-0.39, 0.29) is 0 Å². The maximum Gasteiger partial charge on any atom is 0.143 e. The van der Waals surface area contributed by atoms with E-state index >= 15 is 0 Å². The van der Waals surface area contributed by atoms with Crippen LogP contribution < -0.4 is 4.90 Å². The Kier molecular flexibility index (Phi) is 10.0. The summed E-state index contributed by atoms with van der Waals surface area (Å²) in [5.74, 6) is 0. The van der Waals surface area contributed by atoms with E-state index in [4.69, 9.17) is 4.42 Å². The van der Waals surface area contributed by atoms with Crippen molar-refractivity contribution in [1.82, 2.24) is 0 Å². The number of fused-ring (bicyclic) bond motifs is 3. The molecule has 0 saturated heterocycles. The van der Waals surface area contributed by atoms with Crippen molar-refractivity contribution in [2.75, 3.05) is 4.90 Å². The van der Waals surface area contributed by atoms with E-state index in [0.29, 0.717) is 0 Å². The number of hydrogen-bond donors (Lipinski definition) is 0. The third kappa shape index (κ3) is 7.25. The molecule has 10 aromatic carbocycles. The smallest absolute Gasteiger partial charge is 0.143 e. The molecule has 0 fully saturated rings. The predicted octanol–water partition coefficient (Wildman–Crippen LogP) is 17.7. The SMILES string of the molecule is Cc1ccccc1-c1cccc(-c2cc(-c3ccc(N(c4ccc(-c5ccccc5)cc4)c4ccc(-c5ccccc5)cc4)cc3)cc(-c3cccc4c3oc3ccccc34)c2)c1C. The molecule has 11 aromatic rings. The van der Waals surface area contributed by atoms with Gasteiger partial charge in [0.2, 0.25) is 0 Å². The number of nitrogens with zero attached hydrogens (tertiary/aromatic N) is 1. The van der Waals surface area contributed by atoms with Gasteiger partial charge in [0.1, 0.15) is 11.2 Å². The van der Waals surface area contributed by atoms with Crippen molar-refractivity contribution < 1.29 is 4.42 Å². The van der Waals surface area contributed by atoms with Crippen molar-refractivity contribution in [1.29, 1.82) is 0 Å². The predicted molar refractivity (Wildman–Crippen MR) is 270 cm³/mol. The molecule has 304 valence electrons. The van der Waals surface area contributed by atoms with Crippen LogP contribution in [0.1, 0.15) is 11.1 Å². The van der Waals surface area contributed by atoms with Crippen LogP contribution in [0.4, 0.5) is 17.1 Å². The molecule has 0 aliphatic carbocycles. The summed E-state index contributed by atoms with van der Waals surface area (Å²) in [7, 11) is 0. The number of para-hydroxylation sites is 2. The molecule has 0 radical (unpaired) electrons. The molecule has 2 nitrogen and oxygen atoms in total. The van der Waals surface area contributed by atoms with E-state index in [1.54, 1.807) is 0 Å². The maximum atomic E-state index is 6.63. The monoisotopic (exact) mass is 819 g/mol. The van der Waals surface area contributed by atoms with Gasteiger partial charge in [-0.05, 0) is 147 Å². The molecule has 0 unspecified atom stereocenters. The summed E-state index contributed by atoms with van der Waals surface area (Å²) < 4.78 is 6.63. The van der Waals surface area contributed by atoms with Crippen molar-refractivity contribution in [2.45, 2.75) is 13.8 Å². The van der Waals surface area contributed by atoms with Gasteiger partial charge >= 0.3 is 0 Å². The first-order valence-electron chi connectivity index (χ1n) is 22.0. The molecule has 11 rings (SSSR count). The number of hydrogen-bond acceptors (Lipinski definition) is 2. The molecule has 0 N–H and O–H groups in total. The normalized spacial score (nSPS) is 11.3. The lowest BCUT2D eigenvalue weighted by Crippen LogP contribution is -2.09. The molecule has 0 saturated carbocycles. The van der Waals surface area contributed by atoms with Crippen LogP contribution in [-0.4, -0.2) is 0 Å². The lowest BCUT2D eigenvalue weighted by molar-refractivity contribution is 0.670. The fraction of sp³-hybridized carbons (Fsp3) is 0.0323. The summed E-state index contributed by atoms with van der Waals surface area (Å²) >= 11 is 0. The lowest BCUT2D eigenvalue weighted by atomic mass is 9.88. The van der Waals surface area contributed by atoms with Gasteiger partial charge in [0.05, 0.1) is 0 Å². The van der Waals surface area contributed by atoms with Gasteiger partial charge in [-0.25, -0.2) is 0 Å². The maximum absolute atomic E-state index is 6.63. The number of anilines is 3. The Hall–Kier alpha value is -8.20. The van der Waals surface area contributed by atoms with E-state index in [2.05, 4.69) is 249 Å². The molecule has 64 heavy (non-hydrogen) atoms. The number of furan rings is 1. The summed E-state index contributed by atoms with van der Waals surface area (Å²) in [4.78, 5) is 2.35. The summed E-state index contributed by atoms with van der Waals surface area (Å²) in [5, 5.41) is 2.25. The summed E-state index contributed by atoms with van der Waals surface area (Å²) in [6, 6.07) is 85.1. The first-order valence-corrected chi connectivity index (χ1v) is 22.0. The van der Waals surface area contributed by atoms with Gasteiger partial charge in [-0.15, -0.1) is 0 Å². The van der Waals surface area contributed by atoms with E-state index in [0.717, 1.165) is 66.8 Å². The van der Waals surface area contributed by atoms with Gasteiger partial charge in [0, 0.05) is 33.4 Å². The van der Waals surface area contributed by atoms with Crippen LogP contribution in [0.3, 0.4) is 0 Å². The highest BCUT2D eigenvalue weighted by Crippen LogP contribution is 2.43. The van der Waals surface area contributed by atoms with E-state index in [1.807, 2.05) is 6.07 Å². The van der Waals surface area contributed by atoms with E-state index < -0.39 is 0 Å². The topological polar surface area (TPSA) is 16.4 Å². The van der Waals surface area contributed by atoms with Crippen LogP contribution in [0.15, 0.2) is 241 Å². The van der Waals surface area contributed by atoms with E-state index in [1.165, 1.54) is 50.1 Å². The highest BCUT2D eigenvalue weighted by Gasteiger charge is 2.18. The van der Waals surface area contributed by atoms with Gasteiger partial charge in [-0.1, -0.05) is 176 Å². The first kappa shape index (κ1) is 38.7. The molecule has 1 aromatic heterocycles. The molecule has 0 amide bonds. The van der Waals surface area contributed by atoms with Gasteiger partial charge in [-0.2, -0.15) is 0 Å². The molecule has 0 aliphatic heterocycles. The minimum Gasteiger partial charge on any atom is -0.455 e. The molecule has 0 bridgehead atoms. The third-order valence-electron chi connectivity index (χ3n) is 12.7. The summed E-state index contributed by atoms with van der Waals surface area (Å²) in [6.07, 6.45) is 0. The second kappa shape index (κ2) is 16.6. The van der Waals surface area contributed by atoms with Crippen molar-refractivity contribution in [2.24, 2.45) is 0 Å². The van der Waals surface area contributed by atoms with Crippen LogP contribution in [0.5, 0.6) is 0 Å². The second-order valence-corrected chi connectivity index (χ2v) is 16.6. The van der Waals surface area contributed by atoms with Gasteiger partial charge in [0.25, 0.3) is 0 Å². The Labute approximate surface area is 375 Å². The van der Waals surface area contributed by atoms with Crippen molar-refractivity contribution in [3.05, 3.63) is 248 Å². The standard InChI is InChI=1S/C62H45NO/c1-42-15-9-10-20-55(42)57-23-13-22-56(43(57)2)50-39-49(40-51(41-50)58-24-14-25-60-59-21-11-12-26-61(59)64-62(58)60)48-31-37-54(38-32-48)63(52-33-27-46(28-34-52)44-16-5-3-6-17-44)53-35-29-47(30-36-53)45-18-7-4-8-19-45/h3-41H,1-2H3. The second-order valence-electron chi connectivity index (χ2n) is 16.6. The molecular weight excluding hydrogens is 775 g/mol. The van der Waals surface area contributed by atoms with Crippen LogP contribution in [0, 0.1) is 13.8 Å². The Morgan fingerprint density at radius 3 is 1.33 bits per heavy atom. The number of benzene rings is 10. The van der Waals surface area contributed by atoms with Crippen LogP contribution >= 0.6 is 0 Å². The number of rotatable bonds is 9. The minimum absolute atomic E-state index is 0.896. The largest absolute Gasteiger partial charge is 0.455 e. The zero-order chi connectivity index (χ0) is 43.0. The van der Waals surface area contributed by atoms with Crippen LogP contribution in [0.2, 0.25) is 0 Å². The molecule has 0 aliphatic rings. The Bertz CT molecular complexity index is 3340. The fourth-order valence-corrected chi connectivity index (χ4v) is 9.31. The summed E-state index contributed by atoms with van der Waals surface area (Å²) in [5.41, 5.74) is 21.7. The molecule has 0 spiro atoms. The van der Waals surface area contributed by atoms with Crippen LogP contribution in [-0.2, 0) is 0 Å². The zero-order valence-corrected chi connectivity index (χ0v) is 35.9. The quantitative estimate of drug-likeness (QED) is 0.144. The fourth-order valence-electron chi connectivity index (χ4n) is 9.31. The highest BCUT2D eigenvalue weighted by molar-refractivity contribution is 6.10. The van der Waals surface area contributed by atoms with Crippen molar-refractivity contribution in [3.8, 4) is 66.8 Å². The Balaban J connectivity index is 1.04. The Morgan fingerprint density at radius 1 is 0.297 bits per heavy atom. The molecule has 2 heteroatoms. The lowest BCUT2D eigenvalue weighted by Gasteiger charge is -2.26. The van der Waals surface area contributed by atoms with Gasteiger partial charge in [0.15, 0.2) is 0 Å². The van der Waals surface area contributed by atoms with Crippen molar-refractivity contribution in [3.63, 3.8) is 0 Å². The molecule has 0 atom stereocenters. The molecular formula is C62H45NO. The van der Waals surface area contributed by atoms with Crippen molar-refractivity contribution >= 4 is 39.0 Å². The minimum atomic E-state index is 0.896. The highest BCUT2D eigenvalue weighted by atomic mass is 16.3. The first-order chi connectivity index (χ1) is 31.6.